The summed E-state index contributed by atoms with van der Waals surface area (Å²) in [5.41, 5.74) is -0.231. The van der Waals surface area contributed by atoms with E-state index in [9.17, 15) is 4.79 Å². The lowest BCUT2D eigenvalue weighted by molar-refractivity contribution is -0.142. The van der Waals surface area contributed by atoms with Crippen molar-refractivity contribution in [1.29, 1.82) is 0 Å². The van der Waals surface area contributed by atoms with Gasteiger partial charge < -0.3 is 10.2 Å². The van der Waals surface area contributed by atoms with Crippen LogP contribution in [0.4, 0.5) is 0 Å². The van der Waals surface area contributed by atoms with Gasteiger partial charge in [0.1, 0.15) is 0 Å². The third kappa shape index (κ3) is 2.03. The Kier molecular flexibility index (Phi) is 2.75. The maximum absolute atomic E-state index is 12.3. The largest absolute Gasteiger partial charge is 0.335 e. The standard InChI is InChI=1S/C12H22N2O/c1-12(2,3)11(15)14-9-4-5-10(14)8-13-7-6-9/h9-10,13H,4-8H2,1-3H3. The highest BCUT2D eigenvalue weighted by Crippen LogP contribution is 2.32. The quantitative estimate of drug-likeness (QED) is 0.655. The molecular formula is C12H22N2O. The van der Waals surface area contributed by atoms with E-state index in [1.54, 1.807) is 0 Å². The maximum Gasteiger partial charge on any atom is 0.228 e. The molecule has 2 heterocycles. The number of amides is 1. The zero-order valence-corrected chi connectivity index (χ0v) is 10.0. The van der Waals surface area contributed by atoms with E-state index >= 15 is 0 Å². The Hall–Kier alpha value is -0.570. The van der Waals surface area contributed by atoms with E-state index < -0.39 is 0 Å². The number of nitrogens with zero attached hydrogens (tertiary/aromatic N) is 1. The van der Waals surface area contributed by atoms with E-state index in [4.69, 9.17) is 0 Å². The van der Waals surface area contributed by atoms with Crippen molar-refractivity contribution < 1.29 is 4.79 Å². The number of rotatable bonds is 0. The molecule has 0 aliphatic carbocycles. The van der Waals surface area contributed by atoms with Crippen LogP contribution in [0.5, 0.6) is 0 Å². The van der Waals surface area contributed by atoms with E-state index in [2.05, 4.69) is 10.2 Å². The van der Waals surface area contributed by atoms with Crippen LogP contribution in [0.25, 0.3) is 0 Å². The first kappa shape index (κ1) is 10.9. The summed E-state index contributed by atoms with van der Waals surface area (Å²) in [4.78, 5) is 14.5. The van der Waals surface area contributed by atoms with E-state index in [1.165, 1.54) is 12.8 Å². The van der Waals surface area contributed by atoms with Crippen LogP contribution in [0.1, 0.15) is 40.0 Å². The predicted molar refractivity (Wildman–Crippen MR) is 60.6 cm³/mol. The molecule has 0 radical (unpaired) electrons. The van der Waals surface area contributed by atoms with Crippen molar-refractivity contribution in [2.75, 3.05) is 13.1 Å². The lowest BCUT2D eigenvalue weighted by Gasteiger charge is -2.33. The fourth-order valence-electron chi connectivity index (χ4n) is 2.70. The van der Waals surface area contributed by atoms with Gasteiger partial charge in [-0.2, -0.15) is 0 Å². The van der Waals surface area contributed by atoms with Crippen molar-refractivity contribution >= 4 is 5.91 Å². The second kappa shape index (κ2) is 3.78. The number of carbonyl (C=O) groups excluding carboxylic acids is 1. The first-order valence-corrected chi connectivity index (χ1v) is 6.03. The number of fused-ring (bicyclic) bond motifs is 2. The zero-order valence-electron chi connectivity index (χ0n) is 10.0. The van der Waals surface area contributed by atoms with Gasteiger partial charge in [0, 0.05) is 24.0 Å². The molecule has 0 saturated carbocycles. The molecular weight excluding hydrogens is 188 g/mol. The first-order valence-electron chi connectivity index (χ1n) is 6.03. The third-order valence-corrected chi connectivity index (χ3v) is 3.53. The number of nitrogens with one attached hydrogen (secondary N) is 1. The summed E-state index contributed by atoms with van der Waals surface area (Å²) in [7, 11) is 0. The molecule has 86 valence electrons. The first-order chi connectivity index (χ1) is 7.00. The van der Waals surface area contributed by atoms with E-state index in [1.807, 2.05) is 20.8 Å². The Morgan fingerprint density at radius 3 is 2.53 bits per heavy atom. The van der Waals surface area contributed by atoms with Crippen molar-refractivity contribution in [3.05, 3.63) is 0 Å². The monoisotopic (exact) mass is 210 g/mol. The van der Waals surface area contributed by atoms with Crippen LogP contribution in [0.3, 0.4) is 0 Å². The van der Waals surface area contributed by atoms with E-state index in [0.29, 0.717) is 18.0 Å². The number of carbonyl (C=O) groups is 1. The van der Waals surface area contributed by atoms with Gasteiger partial charge >= 0.3 is 0 Å². The molecule has 2 fully saturated rings. The minimum Gasteiger partial charge on any atom is -0.335 e. The molecule has 3 heteroatoms. The molecule has 0 aromatic carbocycles. The molecule has 15 heavy (non-hydrogen) atoms. The molecule has 2 rings (SSSR count). The van der Waals surface area contributed by atoms with Gasteiger partial charge in [0.05, 0.1) is 0 Å². The fourth-order valence-corrected chi connectivity index (χ4v) is 2.70. The SMILES string of the molecule is CC(C)(C)C(=O)N1C2CCNCC1CC2. The Balaban J connectivity index is 2.17. The van der Waals surface area contributed by atoms with Gasteiger partial charge in [-0.1, -0.05) is 20.8 Å². The average Bonchev–Trinajstić information content (AvgIpc) is 2.36. The van der Waals surface area contributed by atoms with Gasteiger partial charge in [0.25, 0.3) is 0 Å². The highest BCUT2D eigenvalue weighted by Gasteiger charge is 2.41. The highest BCUT2D eigenvalue weighted by atomic mass is 16.2. The topological polar surface area (TPSA) is 32.3 Å². The number of hydrogen-bond donors (Lipinski definition) is 1. The summed E-state index contributed by atoms with van der Waals surface area (Å²) < 4.78 is 0. The Morgan fingerprint density at radius 2 is 1.87 bits per heavy atom. The molecule has 3 nitrogen and oxygen atoms in total. The van der Waals surface area contributed by atoms with Crippen LogP contribution < -0.4 is 5.32 Å². The van der Waals surface area contributed by atoms with Crippen molar-refractivity contribution in [2.45, 2.75) is 52.1 Å². The third-order valence-electron chi connectivity index (χ3n) is 3.53. The molecule has 2 aliphatic rings. The highest BCUT2D eigenvalue weighted by molar-refractivity contribution is 5.82. The summed E-state index contributed by atoms with van der Waals surface area (Å²) in [6.07, 6.45) is 3.51. The minimum absolute atomic E-state index is 0.231. The lowest BCUT2D eigenvalue weighted by Crippen LogP contribution is -2.47. The number of hydrogen-bond acceptors (Lipinski definition) is 2. The lowest BCUT2D eigenvalue weighted by atomic mass is 9.93. The van der Waals surface area contributed by atoms with Crippen LogP contribution in [0.2, 0.25) is 0 Å². The Morgan fingerprint density at radius 1 is 1.20 bits per heavy atom. The molecule has 2 unspecified atom stereocenters. The molecule has 1 N–H and O–H groups in total. The Bertz CT molecular complexity index is 243. The van der Waals surface area contributed by atoms with Crippen LogP contribution in [0.15, 0.2) is 0 Å². The van der Waals surface area contributed by atoms with Gasteiger partial charge in [-0.15, -0.1) is 0 Å². The summed E-state index contributed by atoms with van der Waals surface area (Å²) in [6.45, 7) is 8.11. The van der Waals surface area contributed by atoms with Crippen molar-refractivity contribution in [3.8, 4) is 0 Å². The molecule has 2 atom stereocenters. The van der Waals surface area contributed by atoms with Gasteiger partial charge in [0.15, 0.2) is 0 Å². The van der Waals surface area contributed by atoms with Crippen molar-refractivity contribution in [1.82, 2.24) is 10.2 Å². The summed E-state index contributed by atoms with van der Waals surface area (Å²) in [6, 6.07) is 0.945. The second-order valence-electron chi connectivity index (χ2n) is 5.84. The molecule has 0 aromatic rings. The minimum atomic E-state index is -0.231. The molecule has 0 aromatic heterocycles. The second-order valence-corrected chi connectivity index (χ2v) is 5.84. The van der Waals surface area contributed by atoms with Crippen LogP contribution in [-0.2, 0) is 4.79 Å². The van der Waals surface area contributed by atoms with Crippen LogP contribution in [-0.4, -0.2) is 36.0 Å². The normalized spacial score (nSPS) is 31.5. The molecule has 2 bridgehead atoms. The van der Waals surface area contributed by atoms with Gasteiger partial charge in [-0.05, 0) is 25.8 Å². The van der Waals surface area contributed by atoms with Crippen LogP contribution >= 0.6 is 0 Å². The van der Waals surface area contributed by atoms with Gasteiger partial charge in [0.2, 0.25) is 5.91 Å². The molecule has 2 saturated heterocycles. The molecule has 2 aliphatic heterocycles. The maximum atomic E-state index is 12.3. The van der Waals surface area contributed by atoms with Crippen LogP contribution in [0, 0.1) is 5.41 Å². The van der Waals surface area contributed by atoms with Gasteiger partial charge in [-0.25, -0.2) is 0 Å². The molecule has 0 spiro atoms. The van der Waals surface area contributed by atoms with Crippen molar-refractivity contribution in [3.63, 3.8) is 0 Å². The summed E-state index contributed by atoms with van der Waals surface area (Å²) in [5.74, 6) is 0.332. The smallest absolute Gasteiger partial charge is 0.228 e. The zero-order chi connectivity index (χ0) is 11.1. The summed E-state index contributed by atoms with van der Waals surface area (Å²) in [5, 5.41) is 3.42. The van der Waals surface area contributed by atoms with E-state index in [-0.39, 0.29) is 5.41 Å². The summed E-state index contributed by atoms with van der Waals surface area (Å²) >= 11 is 0. The van der Waals surface area contributed by atoms with Crippen molar-refractivity contribution in [2.24, 2.45) is 5.41 Å². The fraction of sp³-hybridized carbons (Fsp3) is 0.917. The average molecular weight is 210 g/mol. The Labute approximate surface area is 92.2 Å². The predicted octanol–water partition coefficient (Wildman–Crippen LogP) is 1.39. The van der Waals surface area contributed by atoms with E-state index in [0.717, 1.165) is 19.5 Å². The molecule has 1 amide bonds. The van der Waals surface area contributed by atoms with Gasteiger partial charge in [-0.3, -0.25) is 4.79 Å².